The van der Waals surface area contributed by atoms with E-state index in [9.17, 15) is 37.8 Å². The molecule has 0 amide bonds. The Morgan fingerprint density at radius 2 is 0.800 bits per heavy atom. The second-order valence-corrected chi connectivity index (χ2v) is 12.2. The summed E-state index contributed by atoms with van der Waals surface area (Å²) in [6, 6.07) is 0. The van der Waals surface area contributed by atoms with Crippen LogP contribution in [0, 0.1) is 0 Å². The van der Waals surface area contributed by atoms with Crippen LogP contribution in [0.15, 0.2) is 0 Å². The van der Waals surface area contributed by atoms with Gasteiger partial charge >= 0.3 is 15.2 Å². The average molecular weight is 522 g/mol. The second-order valence-electron chi connectivity index (χ2n) is 6.22. The molecule has 1 rings (SSSR count). The summed E-state index contributed by atoms with van der Waals surface area (Å²) in [4.78, 5) is 60.0. The third-order valence-electron chi connectivity index (χ3n) is 3.63. The zero-order valence-corrected chi connectivity index (χ0v) is 19.5. The van der Waals surface area contributed by atoms with Crippen LogP contribution in [0.3, 0.4) is 0 Å². The first-order valence-electron chi connectivity index (χ1n) is 7.75. The molecule has 20 heteroatoms. The summed E-state index contributed by atoms with van der Waals surface area (Å²) >= 11 is 0. The van der Waals surface area contributed by atoms with E-state index in [0.29, 0.717) is 13.3 Å². The Bertz CT molecular complexity index is 638. The minimum atomic E-state index is -5.63. The summed E-state index contributed by atoms with van der Waals surface area (Å²) in [6.07, 6.45) is -11.8. The predicted molar refractivity (Wildman–Crippen MR) is 92.2 cm³/mol. The minimum Gasteiger partial charge on any atom is -0.756 e. The summed E-state index contributed by atoms with van der Waals surface area (Å²) in [5.41, 5.74) is 0. The number of phosphoric acid groups is 2. The van der Waals surface area contributed by atoms with Crippen LogP contribution in [0.4, 0.5) is 0 Å². The summed E-state index contributed by atoms with van der Waals surface area (Å²) in [6.45, 7) is 1.43. The largest absolute Gasteiger partial charge is 0.756 e. The highest BCUT2D eigenvalue weighted by Gasteiger charge is 2.58. The first-order chi connectivity index (χ1) is 13.3. The highest BCUT2D eigenvalue weighted by Crippen LogP contribution is 2.51. The maximum absolute atomic E-state index is 11.8. The molecule has 16 nitrogen and oxygen atoms in total. The number of methoxy groups -OCH3 is 2. The molecule has 4 N–H and O–H groups in total. The fourth-order valence-corrected chi connectivity index (χ4v) is 5.38. The van der Waals surface area contributed by atoms with Crippen LogP contribution in [-0.4, -0.2) is 83.7 Å². The van der Waals surface area contributed by atoms with Gasteiger partial charge in [-0.3, -0.25) is 27.3 Å². The third-order valence-corrected chi connectivity index (χ3v) is 5.92. The predicted octanol–water partition coefficient (Wildman–Crippen LogP) is -1.88. The van der Waals surface area contributed by atoms with Gasteiger partial charge in [-0.05, 0) is 0 Å². The van der Waals surface area contributed by atoms with Crippen molar-refractivity contribution in [2.75, 3.05) is 27.5 Å². The van der Waals surface area contributed by atoms with Crippen molar-refractivity contribution in [1.82, 2.24) is 0 Å². The van der Waals surface area contributed by atoms with Gasteiger partial charge in [-0.2, -0.15) is 0 Å². The lowest BCUT2D eigenvalue weighted by molar-refractivity contribution is -0.272. The van der Waals surface area contributed by atoms with E-state index in [1.165, 1.54) is 0 Å². The molecule has 30 heavy (non-hydrogen) atoms. The van der Waals surface area contributed by atoms with E-state index in [4.69, 9.17) is 28.3 Å². The minimum absolute atomic E-state index is 0.714. The highest BCUT2D eigenvalue weighted by molar-refractivity contribution is 7.52. The third kappa shape index (κ3) is 9.13. The number of hydrogen-bond donors (Lipinski definition) is 4. The fraction of sp³-hybridized carbons (Fsp3) is 1.00. The summed E-state index contributed by atoms with van der Waals surface area (Å²) in [7, 11) is -18.3. The molecule has 1 aliphatic carbocycles. The van der Waals surface area contributed by atoms with Crippen LogP contribution < -0.4 is 9.79 Å². The van der Waals surface area contributed by atoms with Crippen molar-refractivity contribution in [2.45, 2.75) is 36.6 Å². The van der Waals surface area contributed by atoms with Crippen LogP contribution in [0.25, 0.3) is 0 Å². The topological polar surface area (TPSA) is 251 Å². The van der Waals surface area contributed by atoms with E-state index in [1.54, 1.807) is 0 Å². The average Bonchev–Trinajstić information content (AvgIpc) is 2.46. The normalized spacial score (nSPS) is 38.1. The number of phosphoric ester groups is 2. The van der Waals surface area contributed by atoms with Crippen molar-refractivity contribution in [2.24, 2.45) is 0 Å². The molecule has 0 heterocycles. The van der Waals surface area contributed by atoms with E-state index in [2.05, 4.69) is 9.05 Å². The Balaban J connectivity index is 3.66. The standard InChI is InChI=1S/C10H24O16P4/c1-21-5-7(23-27(3,11)12)8(24-28(4,13)14)6(22-2)10(26-30(18,19)20)9(5)25-29(15,16)17/h5-10H,1-4H3,(H,11,12)(H,13,14)(H2,15,16,17)(H2,18,19,20)/p-2/t5-,6+,7-,8-,9+,10+/m0/s1. The molecule has 0 aromatic rings. The quantitative estimate of drug-likeness (QED) is 0.229. The Kier molecular flexibility index (Phi) is 9.63. The molecule has 1 aliphatic rings. The van der Waals surface area contributed by atoms with Gasteiger partial charge in [-0.1, -0.05) is 0 Å². The monoisotopic (exact) mass is 522 g/mol. The zero-order chi connectivity index (χ0) is 23.7. The van der Waals surface area contributed by atoms with Crippen molar-refractivity contribution in [3.63, 3.8) is 0 Å². The molecule has 1 fully saturated rings. The number of ether oxygens (including phenoxy) is 2. The molecule has 0 radical (unpaired) electrons. The van der Waals surface area contributed by atoms with Gasteiger partial charge in [-0.15, -0.1) is 0 Å². The van der Waals surface area contributed by atoms with Crippen molar-refractivity contribution in [1.29, 1.82) is 0 Å². The Labute approximate surface area is 170 Å². The van der Waals surface area contributed by atoms with Crippen molar-refractivity contribution >= 4 is 30.8 Å². The second kappa shape index (κ2) is 10.1. The van der Waals surface area contributed by atoms with Gasteiger partial charge in [0.2, 0.25) is 0 Å². The smallest absolute Gasteiger partial charge is 0.325 e. The fourth-order valence-electron chi connectivity index (χ4n) is 2.90. The van der Waals surface area contributed by atoms with Gasteiger partial charge in [0, 0.05) is 27.5 Å². The van der Waals surface area contributed by atoms with Crippen LogP contribution >= 0.6 is 30.8 Å². The maximum atomic E-state index is 11.8. The molecular formula is C10H22O16P4-2. The SMILES string of the molecule is CO[C@@H]1[C@H](OP(C)(=O)O)[C@@H](OP(C)(=O)O)[C@H](OC)[C@@H](OP(=O)([O-])O)[C@@H]1OP(=O)([O-])O. The van der Waals surface area contributed by atoms with Crippen LogP contribution in [-0.2, 0) is 45.8 Å². The molecule has 0 spiro atoms. The van der Waals surface area contributed by atoms with Gasteiger partial charge in [0.25, 0.3) is 15.6 Å². The summed E-state index contributed by atoms with van der Waals surface area (Å²) in [5.74, 6) is 0. The lowest BCUT2D eigenvalue weighted by Crippen LogP contribution is -2.66. The summed E-state index contributed by atoms with van der Waals surface area (Å²) < 4.78 is 74.9. The molecule has 1 saturated carbocycles. The van der Waals surface area contributed by atoms with E-state index >= 15 is 0 Å². The van der Waals surface area contributed by atoms with Crippen molar-refractivity contribution in [3.05, 3.63) is 0 Å². The molecular weight excluding hydrogens is 500 g/mol. The molecule has 0 saturated heterocycles. The van der Waals surface area contributed by atoms with Gasteiger partial charge in [0.15, 0.2) is 0 Å². The van der Waals surface area contributed by atoms with Gasteiger partial charge in [0.05, 0.1) is 0 Å². The van der Waals surface area contributed by atoms with Gasteiger partial charge in [-0.25, -0.2) is 0 Å². The van der Waals surface area contributed by atoms with E-state index < -0.39 is 67.5 Å². The van der Waals surface area contributed by atoms with Crippen molar-refractivity contribution < 1.29 is 75.2 Å². The molecule has 10 atom stereocenters. The first kappa shape index (κ1) is 28.5. The van der Waals surface area contributed by atoms with Crippen LogP contribution in [0.5, 0.6) is 0 Å². The molecule has 0 aliphatic heterocycles. The van der Waals surface area contributed by atoms with Gasteiger partial charge < -0.3 is 47.9 Å². The maximum Gasteiger partial charge on any atom is 0.325 e. The Morgan fingerprint density at radius 1 is 0.567 bits per heavy atom. The zero-order valence-electron chi connectivity index (χ0n) is 15.9. The molecule has 180 valence electrons. The van der Waals surface area contributed by atoms with Crippen LogP contribution in [0.2, 0.25) is 0 Å². The van der Waals surface area contributed by atoms with E-state index in [-0.39, 0.29) is 0 Å². The van der Waals surface area contributed by atoms with E-state index in [1.807, 2.05) is 0 Å². The molecule has 0 aromatic heterocycles. The Morgan fingerprint density at radius 3 is 0.967 bits per heavy atom. The first-order valence-corrected chi connectivity index (χ1v) is 14.8. The van der Waals surface area contributed by atoms with Crippen LogP contribution in [0.1, 0.15) is 0 Å². The lowest BCUT2D eigenvalue weighted by atomic mass is 9.84. The molecule has 0 aromatic carbocycles. The Hall–Kier alpha value is 0.440. The molecule has 0 bridgehead atoms. The van der Waals surface area contributed by atoms with Gasteiger partial charge in [0.1, 0.15) is 36.6 Å². The number of rotatable bonds is 10. The summed E-state index contributed by atoms with van der Waals surface area (Å²) in [5, 5.41) is 0. The van der Waals surface area contributed by atoms with E-state index in [0.717, 1.165) is 14.2 Å². The van der Waals surface area contributed by atoms with Crippen molar-refractivity contribution in [3.8, 4) is 0 Å². The number of hydrogen-bond acceptors (Lipinski definition) is 12. The highest BCUT2D eigenvalue weighted by atomic mass is 31.2. The lowest BCUT2D eigenvalue weighted by Gasteiger charge is -2.50. The molecule has 4 unspecified atom stereocenters.